The summed E-state index contributed by atoms with van der Waals surface area (Å²) in [4.78, 5) is 29.3. The van der Waals surface area contributed by atoms with Crippen LogP contribution in [0, 0.1) is 6.92 Å². The molecule has 0 amide bonds. The third-order valence-electron chi connectivity index (χ3n) is 4.36. The number of aryl methyl sites for hydroxylation is 1. The second kappa shape index (κ2) is 8.26. The van der Waals surface area contributed by atoms with Gasteiger partial charge in [-0.15, -0.1) is 21.6 Å². The van der Waals surface area contributed by atoms with Crippen molar-refractivity contribution in [2.75, 3.05) is 7.11 Å². The number of carbonyl (C=O) groups excluding carboxylic acids is 1. The number of nitrogens with zero attached hydrogens (tertiary/aromatic N) is 4. The van der Waals surface area contributed by atoms with Gasteiger partial charge < -0.3 is 4.74 Å². The number of carbonyl (C=O) groups is 1. The van der Waals surface area contributed by atoms with Gasteiger partial charge in [0.2, 0.25) is 5.13 Å². The molecular formula is C21H17N5O3S. The summed E-state index contributed by atoms with van der Waals surface area (Å²) in [5.74, 6) is -0.524. The molecule has 2 aromatic heterocycles. The zero-order chi connectivity index (χ0) is 21.1. The molecule has 0 bridgehead atoms. The number of benzene rings is 2. The van der Waals surface area contributed by atoms with Crippen molar-refractivity contribution in [3.8, 4) is 16.4 Å². The average Bonchev–Trinajstić information content (AvgIpc) is 3.37. The summed E-state index contributed by atoms with van der Waals surface area (Å²) in [6.45, 7) is 1.73. The smallest absolute Gasteiger partial charge is 0.340 e. The number of aromatic amines is 1. The number of thiazole rings is 1. The highest BCUT2D eigenvalue weighted by Crippen LogP contribution is 2.25. The van der Waals surface area contributed by atoms with E-state index in [9.17, 15) is 9.59 Å². The van der Waals surface area contributed by atoms with E-state index >= 15 is 0 Å². The average molecular weight is 419 g/mol. The molecular weight excluding hydrogens is 402 g/mol. The predicted octanol–water partition coefficient (Wildman–Crippen LogP) is 4.80. The van der Waals surface area contributed by atoms with E-state index < -0.39 is 5.97 Å². The Bertz CT molecular complexity index is 1290. The van der Waals surface area contributed by atoms with Gasteiger partial charge in [0.05, 0.1) is 24.1 Å². The predicted molar refractivity (Wildman–Crippen MR) is 114 cm³/mol. The van der Waals surface area contributed by atoms with Crippen molar-refractivity contribution < 1.29 is 9.53 Å². The Morgan fingerprint density at radius 3 is 2.60 bits per heavy atom. The zero-order valence-corrected chi connectivity index (χ0v) is 17.0. The number of esters is 1. The minimum absolute atomic E-state index is 0.145. The monoisotopic (exact) mass is 419 g/mol. The maximum Gasteiger partial charge on any atom is 0.340 e. The molecule has 2 aromatic carbocycles. The van der Waals surface area contributed by atoms with Crippen molar-refractivity contribution in [1.82, 2.24) is 14.8 Å². The van der Waals surface area contributed by atoms with Gasteiger partial charge in [-0.3, -0.25) is 9.89 Å². The Morgan fingerprint density at radius 2 is 1.83 bits per heavy atom. The minimum atomic E-state index is -0.524. The largest absolute Gasteiger partial charge is 0.465 e. The summed E-state index contributed by atoms with van der Waals surface area (Å²) in [5.41, 5.74) is 2.64. The Hall–Kier alpha value is -3.85. The summed E-state index contributed by atoms with van der Waals surface area (Å²) < 4.78 is 6.10. The number of methoxy groups -OCH3 is 1. The Labute approximate surface area is 175 Å². The van der Waals surface area contributed by atoms with Crippen LogP contribution >= 0.6 is 11.3 Å². The van der Waals surface area contributed by atoms with Crippen LogP contribution in [-0.2, 0) is 4.74 Å². The highest BCUT2D eigenvalue weighted by atomic mass is 32.1. The van der Waals surface area contributed by atoms with Crippen LogP contribution in [0.2, 0.25) is 0 Å². The lowest BCUT2D eigenvalue weighted by atomic mass is 10.2. The quantitative estimate of drug-likeness (QED) is 0.371. The summed E-state index contributed by atoms with van der Waals surface area (Å²) in [6, 6.07) is 16.4. The van der Waals surface area contributed by atoms with Gasteiger partial charge in [0, 0.05) is 10.9 Å². The van der Waals surface area contributed by atoms with Gasteiger partial charge in [-0.05, 0) is 19.1 Å². The van der Waals surface area contributed by atoms with Gasteiger partial charge in [-0.1, -0.05) is 42.5 Å². The zero-order valence-electron chi connectivity index (χ0n) is 16.2. The first-order chi connectivity index (χ1) is 14.6. The lowest BCUT2D eigenvalue weighted by molar-refractivity contribution is 0.0601. The highest BCUT2D eigenvalue weighted by Gasteiger charge is 2.16. The first kappa shape index (κ1) is 19.5. The van der Waals surface area contributed by atoms with Crippen LogP contribution in [0.1, 0.15) is 16.1 Å². The fourth-order valence-electron chi connectivity index (χ4n) is 2.85. The van der Waals surface area contributed by atoms with Crippen LogP contribution in [0.3, 0.4) is 0 Å². The molecule has 150 valence electrons. The molecule has 1 N–H and O–H groups in total. The second-order valence-corrected chi connectivity index (χ2v) is 7.15. The van der Waals surface area contributed by atoms with Crippen LogP contribution in [-0.4, -0.2) is 27.8 Å². The highest BCUT2D eigenvalue weighted by molar-refractivity contribution is 7.12. The van der Waals surface area contributed by atoms with E-state index in [-0.39, 0.29) is 16.8 Å². The maximum atomic E-state index is 12.9. The minimum Gasteiger partial charge on any atom is -0.465 e. The Balaban J connectivity index is 1.68. The van der Waals surface area contributed by atoms with E-state index in [0.717, 1.165) is 11.3 Å². The Kier molecular flexibility index (Phi) is 5.36. The van der Waals surface area contributed by atoms with Crippen molar-refractivity contribution in [3.05, 3.63) is 81.6 Å². The number of hydrogen-bond donors (Lipinski definition) is 1. The molecule has 8 nitrogen and oxygen atoms in total. The number of azo groups is 1. The van der Waals surface area contributed by atoms with Gasteiger partial charge in [0.15, 0.2) is 5.69 Å². The van der Waals surface area contributed by atoms with Crippen molar-refractivity contribution >= 4 is 28.7 Å². The first-order valence-corrected chi connectivity index (χ1v) is 9.88. The fraction of sp³-hybridized carbons (Fsp3) is 0.0952. The molecule has 0 aliphatic carbocycles. The fourth-order valence-corrected chi connectivity index (χ4v) is 3.64. The van der Waals surface area contributed by atoms with Gasteiger partial charge in [-0.2, -0.15) is 4.68 Å². The van der Waals surface area contributed by atoms with E-state index in [1.165, 1.54) is 23.1 Å². The molecule has 0 atom stereocenters. The van der Waals surface area contributed by atoms with Crippen molar-refractivity contribution in [2.45, 2.75) is 6.92 Å². The van der Waals surface area contributed by atoms with Crippen molar-refractivity contribution in [2.24, 2.45) is 10.2 Å². The number of nitrogens with one attached hydrogen (secondary N) is 1. The lowest BCUT2D eigenvalue weighted by Crippen LogP contribution is -2.13. The molecule has 2 heterocycles. The first-order valence-electron chi connectivity index (χ1n) is 9.00. The van der Waals surface area contributed by atoms with Crippen LogP contribution < -0.4 is 5.56 Å². The summed E-state index contributed by atoms with van der Waals surface area (Å²) in [7, 11) is 1.29. The number of ether oxygens (including phenoxy) is 1. The molecule has 0 unspecified atom stereocenters. The van der Waals surface area contributed by atoms with E-state index in [0.29, 0.717) is 16.5 Å². The molecule has 4 aromatic rings. The summed E-state index contributed by atoms with van der Waals surface area (Å²) in [5, 5.41) is 13.6. The number of aromatic nitrogens is 3. The van der Waals surface area contributed by atoms with Crippen LogP contribution in [0.15, 0.2) is 75.0 Å². The number of hydrogen-bond acceptors (Lipinski definition) is 7. The molecule has 30 heavy (non-hydrogen) atoms. The molecule has 0 fully saturated rings. The van der Waals surface area contributed by atoms with Crippen LogP contribution in [0.5, 0.6) is 0 Å². The molecule has 4 rings (SSSR count). The molecule has 0 spiro atoms. The molecule has 0 radical (unpaired) electrons. The molecule has 0 aliphatic heterocycles. The normalized spacial score (nSPS) is 11.1. The molecule has 9 heteroatoms. The number of H-pyrrole nitrogens is 1. The third-order valence-corrected chi connectivity index (χ3v) is 5.19. The van der Waals surface area contributed by atoms with Gasteiger partial charge in [0.25, 0.3) is 0 Å². The SMILES string of the molecule is COC(=O)c1ccccc1N=Nc1c(C)[nH]n(-c2nc(-c3ccccc3)cs2)c1=O. The molecule has 0 saturated carbocycles. The van der Waals surface area contributed by atoms with E-state index in [4.69, 9.17) is 4.74 Å². The second-order valence-electron chi connectivity index (χ2n) is 6.32. The van der Waals surface area contributed by atoms with Crippen molar-refractivity contribution in [1.29, 1.82) is 0 Å². The van der Waals surface area contributed by atoms with Gasteiger partial charge >= 0.3 is 11.5 Å². The summed E-state index contributed by atoms with van der Waals surface area (Å²) in [6.07, 6.45) is 0. The summed E-state index contributed by atoms with van der Waals surface area (Å²) >= 11 is 1.34. The standard InChI is InChI=1S/C21H17N5O3S/c1-13-18(24-23-16-11-7-6-10-15(16)20(28)29-2)19(27)26(25-13)21-22-17(12-30-21)14-8-4-3-5-9-14/h3-12,25H,1-2H3. The van der Waals surface area contributed by atoms with E-state index in [1.807, 2.05) is 35.7 Å². The molecule has 0 aliphatic rings. The maximum absolute atomic E-state index is 12.9. The van der Waals surface area contributed by atoms with E-state index in [1.54, 1.807) is 31.2 Å². The molecule has 0 saturated heterocycles. The Morgan fingerprint density at radius 1 is 1.10 bits per heavy atom. The number of rotatable bonds is 5. The van der Waals surface area contributed by atoms with Crippen LogP contribution in [0.4, 0.5) is 11.4 Å². The topological polar surface area (TPSA) is 102 Å². The van der Waals surface area contributed by atoms with Gasteiger partial charge in [-0.25, -0.2) is 9.78 Å². The van der Waals surface area contributed by atoms with Gasteiger partial charge in [0.1, 0.15) is 5.69 Å². The van der Waals surface area contributed by atoms with Crippen LogP contribution in [0.25, 0.3) is 16.4 Å². The lowest BCUT2D eigenvalue weighted by Gasteiger charge is -2.01. The van der Waals surface area contributed by atoms with E-state index in [2.05, 4.69) is 20.3 Å². The van der Waals surface area contributed by atoms with Crippen molar-refractivity contribution in [3.63, 3.8) is 0 Å². The third kappa shape index (κ3) is 3.70.